The summed E-state index contributed by atoms with van der Waals surface area (Å²) in [5.41, 5.74) is 3.39. The van der Waals surface area contributed by atoms with Gasteiger partial charge in [0.15, 0.2) is 0 Å². The molecule has 1 amide bonds. The lowest BCUT2D eigenvalue weighted by atomic mass is 10.0. The summed E-state index contributed by atoms with van der Waals surface area (Å²) in [4.78, 5) is 19.6. The number of nitrogens with one attached hydrogen (secondary N) is 1. The van der Waals surface area contributed by atoms with E-state index in [-0.39, 0.29) is 17.8 Å². The minimum atomic E-state index is -0.0634. The molecule has 1 atom stereocenters. The van der Waals surface area contributed by atoms with Crippen molar-refractivity contribution in [3.8, 4) is 22.5 Å². The zero-order valence-corrected chi connectivity index (χ0v) is 20.5. The molecule has 1 saturated heterocycles. The second-order valence-corrected chi connectivity index (χ2v) is 9.71. The molecule has 4 rings (SSSR count). The Morgan fingerprint density at radius 1 is 1.06 bits per heavy atom. The predicted molar refractivity (Wildman–Crippen MR) is 135 cm³/mol. The minimum absolute atomic E-state index is 0.0224. The monoisotopic (exact) mass is 477 g/mol. The van der Waals surface area contributed by atoms with Crippen molar-refractivity contribution in [2.24, 2.45) is 5.92 Å². The van der Waals surface area contributed by atoms with E-state index in [9.17, 15) is 4.79 Å². The van der Waals surface area contributed by atoms with Crippen LogP contribution in [0.5, 0.6) is 0 Å². The van der Waals surface area contributed by atoms with Crippen LogP contribution in [0.1, 0.15) is 13.8 Å². The molecule has 0 saturated carbocycles. The van der Waals surface area contributed by atoms with Crippen LogP contribution in [0.4, 0.5) is 0 Å². The van der Waals surface area contributed by atoms with Gasteiger partial charge in [-0.1, -0.05) is 86.3 Å². The lowest BCUT2D eigenvalue weighted by molar-refractivity contribution is -0.119. The van der Waals surface area contributed by atoms with Gasteiger partial charge in [-0.05, 0) is 5.92 Å². The first-order valence-corrected chi connectivity index (χ1v) is 12.7. The second kappa shape index (κ2) is 12.1. The topological polar surface area (TPSA) is 80.2 Å². The number of thioether (sulfide) groups is 1. The van der Waals surface area contributed by atoms with Crippen molar-refractivity contribution < 1.29 is 9.53 Å². The number of rotatable bonds is 9. The Morgan fingerprint density at radius 2 is 1.74 bits per heavy atom. The van der Waals surface area contributed by atoms with Crippen LogP contribution in [0.15, 0.2) is 65.8 Å². The molecule has 7 nitrogen and oxygen atoms in total. The van der Waals surface area contributed by atoms with E-state index in [0.29, 0.717) is 24.2 Å². The molecule has 0 aliphatic carbocycles. The molecule has 34 heavy (non-hydrogen) atoms. The van der Waals surface area contributed by atoms with Crippen LogP contribution in [0.25, 0.3) is 22.5 Å². The number of benzene rings is 2. The van der Waals surface area contributed by atoms with Gasteiger partial charge in [0.1, 0.15) is 11.4 Å². The van der Waals surface area contributed by atoms with Crippen LogP contribution >= 0.6 is 11.8 Å². The minimum Gasteiger partial charge on any atom is -0.374 e. The highest BCUT2D eigenvalue weighted by atomic mass is 32.2. The van der Waals surface area contributed by atoms with Crippen molar-refractivity contribution in [1.82, 2.24) is 25.4 Å². The maximum Gasteiger partial charge on any atom is 0.230 e. The summed E-state index contributed by atoms with van der Waals surface area (Å²) in [5, 5.41) is 12.2. The third kappa shape index (κ3) is 6.85. The molecule has 0 spiro atoms. The van der Waals surface area contributed by atoms with Gasteiger partial charge in [0.05, 0.1) is 18.5 Å². The number of carbonyl (C=O) groups excluding carboxylic acids is 1. The number of aromatic nitrogens is 3. The van der Waals surface area contributed by atoms with Crippen LogP contribution in [0.2, 0.25) is 0 Å². The molecule has 178 valence electrons. The van der Waals surface area contributed by atoms with Crippen LogP contribution in [0, 0.1) is 5.92 Å². The fourth-order valence-electron chi connectivity index (χ4n) is 3.95. The summed E-state index contributed by atoms with van der Waals surface area (Å²) in [6, 6.07) is 19.8. The van der Waals surface area contributed by atoms with Crippen molar-refractivity contribution >= 4 is 17.7 Å². The van der Waals surface area contributed by atoms with Crippen molar-refractivity contribution in [1.29, 1.82) is 0 Å². The molecule has 0 radical (unpaired) electrons. The molecule has 1 N–H and O–H groups in total. The molecule has 2 heterocycles. The van der Waals surface area contributed by atoms with Crippen LogP contribution in [-0.2, 0) is 9.53 Å². The molecule has 3 aromatic rings. The largest absolute Gasteiger partial charge is 0.374 e. The Labute approximate surface area is 205 Å². The maximum atomic E-state index is 12.5. The summed E-state index contributed by atoms with van der Waals surface area (Å²) in [7, 11) is 0. The van der Waals surface area contributed by atoms with Crippen LogP contribution in [-0.4, -0.2) is 70.6 Å². The quantitative estimate of drug-likeness (QED) is 0.470. The summed E-state index contributed by atoms with van der Waals surface area (Å²) < 4.78 is 5.82. The van der Waals surface area contributed by atoms with Gasteiger partial charge in [-0.3, -0.25) is 9.69 Å². The zero-order chi connectivity index (χ0) is 23.8. The molecule has 1 aliphatic rings. The van der Waals surface area contributed by atoms with E-state index < -0.39 is 0 Å². The molecule has 1 aromatic heterocycles. The van der Waals surface area contributed by atoms with Gasteiger partial charge in [-0.2, -0.15) is 0 Å². The first-order chi connectivity index (χ1) is 16.6. The smallest absolute Gasteiger partial charge is 0.230 e. The third-order valence-corrected chi connectivity index (χ3v) is 6.30. The fraction of sp³-hybridized carbons (Fsp3) is 0.385. The summed E-state index contributed by atoms with van der Waals surface area (Å²) in [6.07, 6.45) is 0.0224. The van der Waals surface area contributed by atoms with E-state index in [4.69, 9.17) is 9.72 Å². The summed E-state index contributed by atoms with van der Waals surface area (Å²) in [6.45, 7) is 8.50. The number of amides is 1. The van der Waals surface area contributed by atoms with Crippen molar-refractivity contribution in [3.05, 3.63) is 60.7 Å². The van der Waals surface area contributed by atoms with Crippen molar-refractivity contribution in [3.63, 3.8) is 0 Å². The Morgan fingerprint density at radius 3 is 2.41 bits per heavy atom. The molecule has 2 aromatic carbocycles. The van der Waals surface area contributed by atoms with Crippen LogP contribution in [0.3, 0.4) is 0 Å². The normalized spacial score (nSPS) is 16.5. The number of ether oxygens (including phenoxy) is 1. The van der Waals surface area contributed by atoms with Gasteiger partial charge in [-0.25, -0.2) is 4.98 Å². The highest BCUT2D eigenvalue weighted by Crippen LogP contribution is 2.29. The highest BCUT2D eigenvalue weighted by Gasteiger charge is 2.21. The Balaban J connectivity index is 1.37. The third-order valence-electron chi connectivity index (χ3n) is 5.47. The van der Waals surface area contributed by atoms with Gasteiger partial charge >= 0.3 is 0 Å². The summed E-state index contributed by atoms with van der Waals surface area (Å²) in [5.74, 6) is 0.780. The van der Waals surface area contributed by atoms with E-state index in [0.717, 1.165) is 42.1 Å². The fourth-order valence-corrected chi connectivity index (χ4v) is 4.57. The lowest BCUT2D eigenvalue weighted by Crippen LogP contribution is -2.48. The van der Waals surface area contributed by atoms with Gasteiger partial charge in [-0.15, -0.1) is 10.2 Å². The Hall–Kier alpha value is -2.81. The molecule has 1 aliphatic heterocycles. The van der Waals surface area contributed by atoms with Gasteiger partial charge in [0.25, 0.3) is 0 Å². The average Bonchev–Trinajstić information content (AvgIpc) is 2.87. The van der Waals surface area contributed by atoms with Gasteiger partial charge < -0.3 is 10.1 Å². The zero-order valence-electron chi connectivity index (χ0n) is 19.7. The van der Waals surface area contributed by atoms with E-state index in [2.05, 4.69) is 34.3 Å². The van der Waals surface area contributed by atoms with E-state index in [1.807, 2.05) is 60.7 Å². The standard InChI is InChI=1S/C26H31N5O2S/c1-19(2)16-31-13-14-33-22(17-31)15-27-23(32)18-34-26-28-24(20-9-5-3-6-10-20)25(29-30-26)21-11-7-4-8-12-21/h3-12,19,22H,13-18H2,1-2H3,(H,27,32). The van der Waals surface area contributed by atoms with Crippen molar-refractivity contribution in [2.75, 3.05) is 38.5 Å². The average molecular weight is 478 g/mol. The van der Waals surface area contributed by atoms with E-state index in [1.165, 1.54) is 11.8 Å². The lowest BCUT2D eigenvalue weighted by Gasteiger charge is -2.33. The number of hydrogen-bond acceptors (Lipinski definition) is 7. The number of nitrogens with zero attached hydrogens (tertiary/aromatic N) is 4. The van der Waals surface area contributed by atoms with Crippen molar-refractivity contribution in [2.45, 2.75) is 25.1 Å². The molecular weight excluding hydrogens is 446 g/mol. The van der Waals surface area contributed by atoms with E-state index >= 15 is 0 Å². The number of morpholine rings is 1. The Bertz CT molecular complexity index is 1070. The van der Waals surface area contributed by atoms with Crippen LogP contribution < -0.4 is 5.32 Å². The molecule has 1 unspecified atom stereocenters. The first-order valence-electron chi connectivity index (χ1n) is 11.7. The first kappa shape index (κ1) is 24.3. The predicted octanol–water partition coefficient (Wildman–Crippen LogP) is 3.77. The molecule has 1 fully saturated rings. The molecule has 8 heteroatoms. The second-order valence-electron chi connectivity index (χ2n) is 8.76. The summed E-state index contributed by atoms with van der Waals surface area (Å²) >= 11 is 1.29. The number of hydrogen-bond donors (Lipinski definition) is 1. The molecular formula is C26H31N5O2S. The maximum absolute atomic E-state index is 12.5. The Kier molecular flexibility index (Phi) is 8.62. The number of carbonyl (C=O) groups is 1. The van der Waals surface area contributed by atoms with Gasteiger partial charge in [0.2, 0.25) is 11.1 Å². The SMILES string of the molecule is CC(C)CN1CCOC(CNC(=O)CSc2nnc(-c3ccccc3)c(-c3ccccc3)n2)C1. The molecule has 0 bridgehead atoms. The highest BCUT2D eigenvalue weighted by molar-refractivity contribution is 7.99. The van der Waals surface area contributed by atoms with Gasteiger partial charge in [0, 0.05) is 37.3 Å². The van der Waals surface area contributed by atoms with E-state index in [1.54, 1.807) is 0 Å².